The van der Waals surface area contributed by atoms with Crippen LogP contribution >= 0.6 is 15.9 Å². The van der Waals surface area contributed by atoms with Crippen LogP contribution in [0.25, 0.3) is 0 Å². The van der Waals surface area contributed by atoms with Crippen molar-refractivity contribution in [3.63, 3.8) is 0 Å². The zero-order chi connectivity index (χ0) is 21.3. The summed E-state index contributed by atoms with van der Waals surface area (Å²) in [5, 5.41) is 3.24. The number of para-hydroxylation sites is 1. The summed E-state index contributed by atoms with van der Waals surface area (Å²) >= 11 is 3.46. The zero-order valence-electron chi connectivity index (χ0n) is 16.8. The molecule has 7 heteroatoms. The highest BCUT2D eigenvalue weighted by atomic mass is 79.9. The molecule has 4 rings (SSSR count). The lowest BCUT2D eigenvalue weighted by Gasteiger charge is -2.32. The summed E-state index contributed by atoms with van der Waals surface area (Å²) in [7, 11) is 1.34. The molecule has 1 aromatic heterocycles. The SMILES string of the molecule is COC(=O)C1=C(C)NC2=C(C(=O)CCC2)[C@H]1c1ccc(COc2ccccc2Br)o1. The first-order valence-corrected chi connectivity index (χ1v) is 10.6. The maximum atomic E-state index is 12.8. The topological polar surface area (TPSA) is 77.8 Å². The monoisotopic (exact) mass is 471 g/mol. The molecule has 0 radical (unpaired) electrons. The van der Waals surface area contributed by atoms with E-state index in [4.69, 9.17) is 13.9 Å². The van der Waals surface area contributed by atoms with Crippen molar-refractivity contribution in [2.45, 2.75) is 38.7 Å². The molecule has 2 aliphatic rings. The Hall–Kier alpha value is -2.80. The van der Waals surface area contributed by atoms with E-state index in [0.717, 1.165) is 23.0 Å². The van der Waals surface area contributed by atoms with Crippen LogP contribution in [-0.4, -0.2) is 18.9 Å². The number of dihydropyridines is 1. The number of esters is 1. The number of nitrogens with one attached hydrogen (secondary N) is 1. The molecule has 1 aromatic carbocycles. The summed E-state index contributed by atoms with van der Waals surface area (Å²) in [5.41, 5.74) is 2.55. The van der Waals surface area contributed by atoms with Crippen molar-refractivity contribution in [2.24, 2.45) is 0 Å². The van der Waals surface area contributed by atoms with Crippen LogP contribution in [0.15, 0.2) is 67.8 Å². The summed E-state index contributed by atoms with van der Waals surface area (Å²) in [4.78, 5) is 25.4. The van der Waals surface area contributed by atoms with Crippen molar-refractivity contribution in [2.75, 3.05) is 7.11 Å². The molecule has 1 atom stereocenters. The molecule has 156 valence electrons. The van der Waals surface area contributed by atoms with Gasteiger partial charge in [0.05, 0.1) is 23.1 Å². The Labute approximate surface area is 183 Å². The number of ether oxygens (including phenoxy) is 2. The first-order chi connectivity index (χ1) is 14.5. The first-order valence-electron chi connectivity index (χ1n) is 9.78. The number of hydrogen-bond acceptors (Lipinski definition) is 6. The zero-order valence-corrected chi connectivity index (χ0v) is 18.4. The van der Waals surface area contributed by atoms with Gasteiger partial charge < -0.3 is 19.2 Å². The van der Waals surface area contributed by atoms with E-state index in [2.05, 4.69) is 21.2 Å². The molecule has 0 spiro atoms. The van der Waals surface area contributed by atoms with Gasteiger partial charge in [-0.1, -0.05) is 12.1 Å². The molecule has 0 bridgehead atoms. The fourth-order valence-corrected chi connectivity index (χ4v) is 4.39. The van der Waals surface area contributed by atoms with Gasteiger partial charge in [0.25, 0.3) is 0 Å². The van der Waals surface area contributed by atoms with Gasteiger partial charge >= 0.3 is 5.97 Å². The molecule has 0 saturated carbocycles. The highest BCUT2D eigenvalue weighted by molar-refractivity contribution is 9.10. The molecule has 2 aromatic rings. The average molecular weight is 472 g/mol. The predicted molar refractivity (Wildman–Crippen MR) is 114 cm³/mol. The van der Waals surface area contributed by atoms with Gasteiger partial charge in [0.1, 0.15) is 23.9 Å². The van der Waals surface area contributed by atoms with Crippen LogP contribution in [0, 0.1) is 0 Å². The van der Waals surface area contributed by atoms with Gasteiger partial charge in [0.15, 0.2) is 5.78 Å². The molecule has 0 unspecified atom stereocenters. The Morgan fingerprint density at radius 1 is 1.23 bits per heavy atom. The summed E-state index contributed by atoms with van der Waals surface area (Å²) in [6, 6.07) is 11.2. The van der Waals surface area contributed by atoms with Gasteiger partial charge in [-0.15, -0.1) is 0 Å². The molecule has 1 aliphatic carbocycles. The number of benzene rings is 1. The lowest BCUT2D eigenvalue weighted by Crippen LogP contribution is -2.34. The number of halogens is 1. The maximum absolute atomic E-state index is 12.8. The van der Waals surface area contributed by atoms with Crippen molar-refractivity contribution in [1.82, 2.24) is 5.32 Å². The Morgan fingerprint density at radius 3 is 2.80 bits per heavy atom. The molecule has 0 amide bonds. The number of methoxy groups -OCH3 is 1. The number of rotatable bonds is 5. The van der Waals surface area contributed by atoms with E-state index in [-0.39, 0.29) is 12.4 Å². The lowest BCUT2D eigenvalue weighted by atomic mass is 9.77. The van der Waals surface area contributed by atoms with Gasteiger partial charge in [-0.05, 0) is 60.0 Å². The summed E-state index contributed by atoms with van der Waals surface area (Å²) in [6.07, 6.45) is 2.02. The number of ketones is 1. The van der Waals surface area contributed by atoms with Gasteiger partial charge in [-0.2, -0.15) is 0 Å². The largest absolute Gasteiger partial charge is 0.484 e. The van der Waals surface area contributed by atoms with Crippen LogP contribution in [0.5, 0.6) is 5.75 Å². The van der Waals surface area contributed by atoms with Crippen LogP contribution in [0.3, 0.4) is 0 Å². The third-order valence-corrected chi connectivity index (χ3v) is 6.01. The molecule has 0 saturated heterocycles. The lowest BCUT2D eigenvalue weighted by molar-refractivity contribution is -0.136. The Morgan fingerprint density at radius 2 is 2.03 bits per heavy atom. The summed E-state index contributed by atoms with van der Waals surface area (Å²) in [6.45, 7) is 2.05. The van der Waals surface area contributed by atoms with Gasteiger partial charge in [-0.3, -0.25) is 4.79 Å². The Kier molecular flexibility index (Phi) is 5.81. The Balaban J connectivity index is 1.66. The third-order valence-electron chi connectivity index (χ3n) is 5.35. The normalized spacial score (nSPS) is 18.8. The fraction of sp³-hybridized carbons (Fsp3) is 0.304. The van der Waals surface area contributed by atoms with Crippen molar-refractivity contribution >= 4 is 27.7 Å². The van der Waals surface area contributed by atoms with Crippen molar-refractivity contribution < 1.29 is 23.5 Å². The number of Topliss-reactive ketones (excluding diaryl/α,β-unsaturated/α-hetero) is 1. The highest BCUT2D eigenvalue weighted by Crippen LogP contribution is 2.43. The minimum absolute atomic E-state index is 0.0325. The molecule has 0 fully saturated rings. The predicted octanol–water partition coefficient (Wildman–Crippen LogP) is 4.76. The quantitative estimate of drug-likeness (QED) is 0.633. The number of hydrogen-bond donors (Lipinski definition) is 1. The van der Waals surface area contributed by atoms with E-state index in [1.165, 1.54) is 7.11 Å². The van der Waals surface area contributed by atoms with Crippen LogP contribution in [-0.2, 0) is 20.9 Å². The van der Waals surface area contributed by atoms with E-state index < -0.39 is 11.9 Å². The molecule has 6 nitrogen and oxygen atoms in total. The van der Waals surface area contributed by atoms with Crippen LogP contribution in [0.2, 0.25) is 0 Å². The smallest absolute Gasteiger partial charge is 0.336 e. The van der Waals surface area contributed by atoms with E-state index in [9.17, 15) is 9.59 Å². The Bertz CT molecular complexity index is 1070. The van der Waals surface area contributed by atoms with E-state index in [1.807, 2.05) is 37.3 Å². The second-order valence-electron chi connectivity index (χ2n) is 7.28. The first kappa shape index (κ1) is 20.5. The molecule has 1 N–H and O–H groups in total. The minimum atomic E-state index is -0.585. The standard InChI is InChI=1S/C23H22BrNO5/c1-13-20(23(27)28-2)22(21-16(25-13)7-5-8-17(21)26)19-11-10-14(30-19)12-29-18-9-4-3-6-15(18)24/h3-4,6,9-11,22,25H,5,7-8,12H2,1-2H3/t22-/m0/s1. The summed E-state index contributed by atoms with van der Waals surface area (Å²) in [5.74, 6) is 0.813. The maximum Gasteiger partial charge on any atom is 0.336 e. The van der Waals surface area contributed by atoms with Gasteiger partial charge in [-0.25, -0.2) is 4.79 Å². The van der Waals surface area contributed by atoms with E-state index >= 15 is 0 Å². The molecule has 30 heavy (non-hydrogen) atoms. The van der Waals surface area contributed by atoms with Crippen LogP contribution < -0.4 is 10.1 Å². The third kappa shape index (κ3) is 3.81. The molecular weight excluding hydrogens is 450 g/mol. The summed E-state index contributed by atoms with van der Waals surface area (Å²) < 4.78 is 17.8. The number of carbonyl (C=O) groups excluding carboxylic acids is 2. The highest BCUT2D eigenvalue weighted by Gasteiger charge is 2.40. The average Bonchev–Trinajstić information content (AvgIpc) is 3.20. The fourth-order valence-electron chi connectivity index (χ4n) is 3.99. The van der Waals surface area contributed by atoms with Crippen molar-refractivity contribution in [3.05, 3.63) is 74.9 Å². The molecular formula is C23H22BrNO5. The number of carbonyl (C=O) groups is 2. The van der Waals surface area contributed by atoms with E-state index in [0.29, 0.717) is 40.5 Å². The van der Waals surface area contributed by atoms with Crippen molar-refractivity contribution in [1.29, 1.82) is 0 Å². The van der Waals surface area contributed by atoms with Gasteiger partial charge in [0.2, 0.25) is 0 Å². The van der Waals surface area contributed by atoms with Crippen LogP contribution in [0.4, 0.5) is 0 Å². The number of furan rings is 1. The number of allylic oxidation sites excluding steroid dienone is 3. The molecule has 1 aliphatic heterocycles. The van der Waals surface area contributed by atoms with Crippen molar-refractivity contribution in [3.8, 4) is 5.75 Å². The second kappa shape index (κ2) is 8.52. The van der Waals surface area contributed by atoms with Crippen LogP contribution in [0.1, 0.15) is 43.6 Å². The van der Waals surface area contributed by atoms with E-state index in [1.54, 1.807) is 6.07 Å². The van der Waals surface area contributed by atoms with Gasteiger partial charge in [0, 0.05) is 23.4 Å². The minimum Gasteiger partial charge on any atom is -0.484 e. The molecule has 2 heterocycles. The second-order valence-corrected chi connectivity index (χ2v) is 8.13.